The van der Waals surface area contributed by atoms with Crippen molar-refractivity contribution in [2.24, 2.45) is 0 Å². The van der Waals surface area contributed by atoms with Crippen LogP contribution < -0.4 is 9.47 Å². The molecule has 0 N–H and O–H groups in total. The molecular weight excluding hydrogens is 464 g/mol. The maximum atomic E-state index is 13.7. The van der Waals surface area contributed by atoms with Gasteiger partial charge in [-0.2, -0.15) is 5.10 Å². The van der Waals surface area contributed by atoms with Crippen LogP contribution >= 0.6 is 0 Å². The Morgan fingerprint density at radius 1 is 0.892 bits per heavy atom. The molecule has 7 heteroatoms. The zero-order valence-corrected chi connectivity index (χ0v) is 21.3. The summed E-state index contributed by atoms with van der Waals surface area (Å²) in [4.78, 5) is 18.0. The van der Waals surface area contributed by atoms with Crippen LogP contribution in [0.1, 0.15) is 15.9 Å². The van der Waals surface area contributed by atoms with Crippen LogP contribution in [0.15, 0.2) is 85.1 Å². The predicted molar refractivity (Wildman–Crippen MR) is 145 cm³/mol. The largest absolute Gasteiger partial charge is 0.497 e. The normalized spacial score (nSPS) is 13.9. The molecule has 0 saturated carbocycles. The molecule has 1 saturated heterocycles. The van der Waals surface area contributed by atoms with Crippen LogP contribution in [0.5, 0.6) is 11.5 Å². The first-order valence-electron chi connectivity index (χ1n) is 12.6. The quantitative estimate of drug-likeness (QED) is 0.354. The summed E-state index contributed by atoms with van der Waals surface area (Å²) in [5.74, 6) is 1.66. The molecule has 5 rings (SSSR count). The minimum Gasteiger partial charge on any atom is -0.497 e. The van der Waals surface area contributed by atoms with Crippen molar-refractivity contribution in [1.29, 1.82) is 0 Å². The lowest BCUT2D eigenvalue weighted by Gasteiger charge is -2.34. The van der Waals surface area contributed by atoms with Gasteiger partial charge in [0.1, 0.15) is 23.8 Å². The summed E-state index contributed by atoms with van der Waals surface area (Å²) in [6.07, 6.45) is 1.87. The minimum atomic E-state index is 0.0211. The number of hydrogen-bond donors (Lipinski definition) is 0. The summed E-state index contributed by atoms with van der Waals surface area (Å²) in [5, 5.41) is 4.84. The molecule has 2 heterocycles. The highest BCUT2D eigenvalue weighted by Gasteiger charge is 2.26. The lowest BCUT2D eigenvalue weighted by atomic mass is 10.0. The third kappa shape index (κ3) is 5.84. The number of carbonyl (C=O) groups excluding carboxylic acids is 1. The standard InChI is InChI=1S/C30H32N4O3/c1-23-7-6-8-24(21-23)29-28(22-34(31-29)25-9-4-3-5-10-25)30(35)33-17-15-32(16-18-33)19-20-37-27-13-11-26(36-2)12-14-27/h3-14,21-22H,15-20H2,1-2H3. The Labute approximate surface area is 217 Å². The van der Waals surface area contributed by atoms with E-state index in [1.165, 1.54) is 0 Å². The van der Waals surface area contributed by atoms with Crippen LogP contribution in [0, 0.1) is 6.92 Å². The average molecular weight is 497 g/mol. The number of aromatic nitrogens is 2. The highest BCUT2D eigenvalue weighted by atomic mass is 16.5. The van der Waals surface area contributed by atoms with Crippen molar-refractivity contribution in [2.75, 3.05) is 46.4 Å². The average Bonchev–Trinajstić information content (AvgIpc) is 3.40. The van der Waals surface area contributed by atoms with Crippen molar-refractivity contribution in [3.05, 3.63) is 96.2 Å². The molecule has 1 fully saturated rings. The smallest absolute Gasteiger partial charge is 0.257 e. The first kappa shape index (κ1) is 24.6. The molecule has 1 aliphatic rings. The van der Waals surface area contributed by atoms with Gasteiger partial charge in [-0.15, -0.1) is 0 Å². The zero-order chi connectivity index (χ0) is 25.6. The molecule has 3 aromatic carbocycles. The van der Waals surface area contributed by atoms with Gasteiger partial charge in [0.05, 0.1) is 18.4 Å². The number of aryl methyl sites for hydroxylation is 1. The Morgan fingerprint density at radius 3 is 2.32 bits per heavy atom. The summed E-state index contributed by atoms with van der Waals surface area (Å²) in [7, 11) is 1.65. The SMILES string of the molecule is COc1ccc(OCCN2CCN(C(=O)c3cn(-c4ccccc4)nc3-c3cccc(C)c3)CC2)cc1. The summed E-state index contributed by atoms with van der Waals surface area (Å²) >= 11 is 0. The van der Waals surface area contributed by atoms with E-state index in [0.717, 1.165) is 47.9 Å². The third-order valence-electron chi connectivity index (χ3n) is 6.65. The van der Waals surface area contributed by atoms with Gasteiger partial charge in [-0.1, -0.05) is 42.0 Å². The fraction of sp³-hybridized carbons (Fsp3) is 0.267. The van der Waals surface area contributed by atoms with Crippen molar-refractivity contribution in [1.82, 2.24) is 19.6 Å². The molecule has 4 aromatic rings. The number of piperazine rings is 1. The fourth-order valence-corrected chi connectivity index (χ4v) is 4.56. The lowest BCUT2D eigenvalue weighted by molar-refractivity contribution is 0.0621. The van der Waals surface area contributed by atoms with E-state index in [-0.39, 0.29) is 5.91 Å². The molecule has 0 aliphatic carbocycles. The summed E-state index contributed by atoms with van der Waals surface area (Å²) < 4.78 is 12.9. The van der Waals surface area contributed by atoms with Gasteiger partial charge in [0.15, 0.2) is 0 Å². The van der Waals surface area contributed by atoms with Crippen LogP contribution in [-0.4, -0.2) is 71.9 Å². The number of benzene rings is 3. The number of para-hydroxylation sites is 1. The van der Waals surface area contributed by atoms with Gasteiger partial charge in [-0.25, -0.2) is 4.68 Å². The second-order valence-electron chi connectivity index (χ2n) is 9.20. The Balaban J connectivity index is 1.24. The van der Waals surface area contributed by atoms with Crippen molar-refractivity contribution >= 4 is 5.91 Å². The highest BCUT2D eigenvalue weighted by Crippen LogP contribution is 2.26. The van der Waals surface area contributed by atoms with Gasteiger partial charge >= 0.3 is 0 Å². The number of amides is 1. The Kier molecular flexibility index (Phi) is 7.51. The number of hydrogen-bond acceptors (Lipinski definition) is 5. The number of carbonyl (C=O) groups is 1. The van der Waals surface area contributed by atoms with Crippen LogP contribution in [0.4, 0.5) is 0 Å². The number of ether oxygens (including phenoxy) is 2. The highest BCUT2D eigenvalue weighted by molar-refractivity contribution is 6.00. The molecule has 1 aliphatic heterocycles. The summed E-state index contributed by atoms with van der Waals surface area (Å²) in [5.41, 5.74) is 4.36. The summed E-state index contributed by atoms with van der Waals surface area (Å²) in [6.45, 7) is 6.43. The van der Waals surface area contributed by atoms with Gasteiger partial charge in [0, 0.05) is 44.5 Å². The zero-order valence-electron chi connectivity index (χ0n) is 21.3. The molecule has 0 radical (unpaired) electrons. The first-order valence-corrected chi connectivity index (χ1v) is 12.6. The van der Waals surface area contributed by atoms with Crippen LogP contribution in [0.3, 0.4) is 0 Å². The molecule has 0 atom stereocenters. The van der Waals surface area contributed by atoms with Gasteiger partial charge in [-0.05, 0) is 49.4 Å². The van der Waals surface area contributed by atoms with E-state index in [1.807, 2.05) is 77.8 Å². The number of nitrogens with zero attached hydrogens (tertiary/aromatic N) is 4. The minimum absolute atomic E-state index is 0.0211. The number of rotatable bonds is 8. The molecule has 37 heavy (non-hydrogen) atoms. The van der Waals surface area contributed by atoms with Crippen molar-refractivity contribution in [2.45, 2.75) is 6.92 Å². The Morgan fingerprint density at radius 2 is 1.62 bits per heavy atom. The van der Waals surface area contributed by atoms with Gasteiger partial charge in [0.2, 0.25) is 0 Å². The topological polar surface area (TPSA) is 59.8 Å². The molecule has 0 unspecified atom stereocenters. The van der Waals surface area contributed by atoms with Crippen molar-refractivity contribution in [3.8, 4) is 28.4 Å². The van der Waals surface area contributed by atoms with Gasteiger partial charge in [0.25, 0.3) is 5.91 Å². The maximum Gasteiger partial charge on any atom is 0.257 e. The molecule has 0 bridgehead atoms. The molecule has 1 amide bonds. The molecule has 7 nitrogen and oxygen atoms in total. The summed E-state index contributed by atoms with van der Waals surface area (Å²) in [6, 6.07) is 25.7. The second-order valence-corrected chi connectivity index (χ2v) is 9.20. The van der Waals surface area contributed by atoms with Crippen LogP contribution in [0.2, 0.25) is 0 Å². The Bertz CT molecular complexity index is 1330. The molecule has 0 spiro atoms. The van der Waals surface area contributed by atoms with E-state index >= 15 is 0 Å². The third-order valence-corrected chi connectivity index (χ3v) is 6.65. The Hall–Kier alpha value is -4.10. The molecular formula is C30H32N4O3. The molecule has 190 valence electrons. The van der Waals surface area contributed by atoms with Gasteiger partial charge in [-0.3, -0.25) is 9.69 Å². The second kappa shape index (κ2) is 11.3. The lowest BCUT2D eigenvalue weighted by Crippen LogP contribution is -2.49. The van der Waals surface area contributed by atoms with E-state index in [1.54, 1.807) is 11.8 Å². The number of methoxy groups -OCH3 is 1. The monoisotopic (exact) mass is 496 g/mol. The van der Waals surface area contributed by atoms with Crippen molar-refractivity contribution < 1.29 is 14.3 Å². The molecule has 1 aromatic heterocycles. The van der Waals surface area contributed by atoms with E-state index in [2.05, 4.69) is 24.0 Å². The van der Waals surface area contributed by atoms with E-state index in [0.29, 0.717) is 31.0 Å². The predicted octanol–water partition coefficient (Wildman–Crippen LogP) is 4.69. The van der Waals surface area contributed by atoms with Crippen LogP contribution in [-0.2, 0) is 0 Å². The van der Waals surface area contributed by atoms with Gasteiger partial charge < -0.3 is 14.4 Å². The first-order chi connectivity index (χ1) is 18.1. The van der Waals surface area contributed by atoms with E-state index in [4.69, 9.17) is 14.6 Å². The fourth-order valence-electron chi connectivity index (χ4n) is 4.56. The maximum absolute atomic E-state index is 13.7. The van der Waals surface area contributed by atoms with E-state index in [9.17, 15) is 4.79 Å². The van der Waals surface area contributed by atoms with E-state index < -0.39 is 0 Å². The van der Waals surface area contributed by atoms with Crippen LogP contribution in [0.25, 0.3) is 16.9 Å². The van der Waals surface area contributed by atoms with Crippen molar-refractivity contribution in [3.63, 3.8) is 0 Å².